The molecule has 0 saturated heterocycles. The molecule has 6 nitrogen and oxygen atoms in total. The number of imidazole rings is 1. The number of hydrogen-bond acceptors (Lipinski definition) is 5. The van der Waals surface area contributed by atoms with Crippen LogP contribution in [0, 0.1) is 6.92 Å². The average molecular weight is 370 g/mol. The highest BCUT2D eigenvalue weighted by Crippen LogP contribution is 2.31. The number of H-pyrrole nitrogens is 1. The van der Waals surface area contributed by atoms with Crippen LogP contribution in [0.25, 0.3) is 22.4 Å². The number of anilines is 2. The van der Waals surface area contributed by atoms with E-state index >= 15 is 0 Å². The summed E-state index contributed by atoms with van der Waals surface area (Å²) >= 11 is 0. The van der Waals surface area contributed by atoms with Gasteiger partial charge in [0.05, 0.1) is 23.1 Å². The summed E-state index contributed by atoms with van der Waals surface area (Å²) in [6, 6.07) is 6.74. The molecule has 0 unspecified atom stereocenters. The number of nitrogens with zero attached hydrogens (tertiary/aromatic N) is 4. The molecule has 0 aliphatic carbocycles. The predicted molar refractivity (Wildman–Crippen MR) is 94.4 cm³/mol. The van der Waals surface area contributed by atoms with Gasteiger partial charge >= 0.3 is 6.18 Å². The molecule has 2 N–H and O–H groups in total. The minimum Gasteiger partial charge on any atom is -0.343 e. The van der Waals surface area contributed by atoms with Gasteiger partial charge in [-0.15, -0.1) is 0 Å². The van der Waals surface area contributed by atoms with Crippen molar-refractivity contribution in [3.05, 3.63) is 60.2 Å². The predicted octanol–water partition coefficient (Wildman–Crippen LogP) is 4.49. The first-order valence-electron chi connectivity index (χ1n) is 7.97. The average Bonchev–Trinajstić information content (AvgIpc) is 3.10. The molecule has 27 heavy (non-hydrogen) atoms. The molecule has 0 atom stereocenters. The van der Waals surface area contributed by atoms with E-state index in [1.165, 1.54) is 12.1 Å². The van der Waals surface area contributed by atoms with E-state index in [4.69, 9.17) is 0 Å². The Morgan fingerprint density at radius 3 is 2.70 bits per heavy atom. The third-order valence-electron chi connectivity index (χ3n) is 3.96. The van der Waals surface area contributed by atoms with E-state index < -0.39 is 11.7 Å². The third kappa shape index (κ3) is 3.43. The van der Waals surface area contributed by atoms with Gasteiger partial charge in [0.1, 0.15) is 0 Å². The Kier molecular flexibility index (Phi) is 3.98. The van der Waals surface area contributed by atoms with Gasteiger partial charge < -0.3 is 10.3 Å². The Morgan fingerprint density at radius 2 is 1.89 bits per heavy atom. The number of nitrogens with one attached hydrogen (secondary N) is 2. The Bertz CT molecular complexity index is 1120. The molecule has 0 amide bonds. The first kappa shape index (κ1) is 17.0. The van der Waals surface area contributed by atoms with Crippen molar-refractivity contribution in [1.29, 1.82) is 0 Å². The highest BCUT2D eigenvalue weighted by molar-refractivity contribution is 5.77. The van der Waals surface area contributed by atoms with E-state index in [1.807, 2.05) is 13.0 Å². The molecule has 0 fully saturated rings. The summed E-state index contributed by atoms with van der Waals surface area (Å²) in [6.45, 7) is 1.85. The van der Waals surface area contributed by atoms with Crippen LogP contribution in [0.4, 0.5) is 24.8 Å². The number of aromatic nitrogens is 5. The van der Waals surface area contributed by atoms with Crippen LogP contribution < -0.4 is 5.32 Å². The van der Waals surface area contributed by atoms with Gasteiger partial charge in [0.15, 0.2) is 5.65 Å². The molecule has 3 aromatic heterocycles. The van der Waals surface area contributed by atoms with Crippen LogP contribution in [-0.2, 0) is 6.18 Å². The topological polar surface area (TPSA) is 79.4 Å². The van der Waals surface area contributed by atoms with E-state index in [1.54, 1.807) is 18.7 Å². The number of halogens is 3. The van der Waals surface area contributed by atoms with Crippen molar-refractivity contribution < 1.29 is 13.2 Å². The van der Waals surface area contributed by atoms with E-state index in [9.17, 15) is 13.2 Å². The van der Waals surface area contributed by atoms with Crippen LogP contribution >= 0.6 is 0 Å². The second kappa shape index (κ2) is 6.35. The lowest BCUT2D eigenvalue weighted by molar-refractivity contribution is -0.137. The first-order valence-corrected chi connectivity index (χ1v) is 7.97. The van der Waals surface area contributed by atoms with Gasteiger partial charge in [-0.3, -0.25) is 0 Å². The maximum absolute atomic E-state index is 12.9. The number of benzene rings is 1. The highest BCUT2D eigenvalue weighted by Gasteiger charge is 2.30. The van der Waals surface area contributed by atoms with Gasteiger partial charge in [-0.25, -0.2) is 19.9 Å². The van der Waals surface area contributed by atoms with Gasteiger partial charge in [0, 0.05) is 23.6 Å². The van der Waals surface area contributed by atoms with Gasteiger partial charge in [-0.2, -0.15) is 13.2 Å². The van der Waals surface area contributed by atoms with E-state index in [2.05, 4.69) is 30.2 Å². The quantitative estimate of drug-likeness (QED) is 0.556. The summed E-state index contributed by atoms with van der Waals surface area (Å²) < 4.78 is 38.6. The SMILES string of the molecule is Cc1cnc(Nc2cccc(C(F)(F)F)c2)nc1-c1cnc2nc[nH]c2c1. The number of fused-ring (bicyclic) bond motifs is 1. The molecular formula is C18H13F3N6. The lowest BCUT2D eigenvalue weighted by Gasteiger charge is -2.11. The molecule has 9 heteroatoms. The Hall–Kier alpha value is -3.49. The number of hydrogen-bond donors (Lipinski definition) is 2. The third-order valence-corrected chi connectivity index (χ3v) is 3.96. The molecular weight excluding hydrogens is 357 g/mol. The molecule has 0 saturated carbocycles. The van der Waals surface area contributed by atoms with Crippen LogP contribution in [0.3, 0.4) is 0 Å². The number of aromatic amines is 1. The smallest absolute Gasteiger partial charge is 0.343 e. The Labute approximate surface area is 151 Å². The largest absolute Gasteiger partial charge is 0.416 e. The van der Waals surface area contributed by atoms with Gasteiger partial charge in [-0.05, 0) is 36.8 Å². The second-order valence-corrected chi connectivity index (χ2v) is 5.93. The zero-order valence-corrected chi connectivity index (χ0v) is 14.0. The van der Waals surface area contributed by atoms with Crippen molar-refractivity contribution in [2.45, 2.75) is 13.1 Å². The standard InChI is InChI=1S/C18H13F3N6/c1-10-7-23-17(26-13-4-2-3-12(6-13)18(19,20)21)27-15(10)11-5-14-16(22-8-11)25-9-24-14/h2-9H,1H3,(H,22,24,25)(H,23,26,27). The fraction of sp³-hybridized carbons (Fsp3) is 0.111. The summed E-state index contributed by atoms with van der Waals surface area (Å²) in [7, 11) is 0. The summed E-state index contributed by atoms with van der Waals surface area (Å²) in [6.07, 6.45) is 0.388. The summed E-state index contributed by atoms with van der Waals surface area (Å²) in [5.41, 5.74) is 3.05. The van der Waals surface area contributed by atoms with Crippen molar-refractivity contribution in [2.24, 2.45) is 0 Å². The molecule has 3 heterocycles. The van der Waals surface area contributed by atoms with Crippen LogP contribution in [-0.4, -0.2) is 24.9 Å². The van der Waals surface area contributed by atoms with Crippen molar-refractivity contribution >= 4 is 22.8 Å². The number of pyridine rings is 1. The van der Waals surface area contributed by atoms with Crippen molar-refractivity contribution in [3.63, 3.8) is 0 Å². The Balaban J connectivity index is 1.68. The van der Waals surface area contributed by atoms with Gasteiger partial charge in [0.2, 0.25) is 5.95 Å². The van der Waals surface area contributed by atoms with Crippen LogP contribution in [0.5, 0.6) is 0 Å². The monoisotopic (exact) mass is 370 g/mol. The van der Waals surface area contributed by atoms with Crippen LogP contribution in [0.2, 0.25) is 0 Å². The summed E-state index contributed by atoms with van der Waals surface area (Å²) in [4.78, 5) is 19.9. The Morgan fingerprint density at radius 1 is 1.04 bits per heavy atom. The lowest BCUT2D eigenvalue weighted by atomic mass is 10.1. The van der Waals surface area contributed by atoms with E-state index in [0.717, 1.165) is 28.8 Å². The van der Waals surface area contributed by atoms with Crippen molar-refractivity contribution in [1.82, 2.24) is 24.9 Å². The lowest BCUT2D eigenvalue weighted by Crippen LogP contribution is -2.06. The molecule has 0 bridgehead atoms. The van der Waals surface area contributed by atoms with E-state index in [-0.39, 0.29) is 11.6 Å². The zero-order chi connectivity index (χ0) is 19.0. The number of aryl methyl sites for hydroxylation is 1. The highest BCUT2D eigenvalue weighted by atomic mass is 19.4. The fourth-order valence-corrected chi connectivity index (χ4v) is 2.66. The second-order valence-electron chi connectivity index (χ2n) is 5.93. The molecule has 0 spiro atoms. The normalized spacial score (nSPS) is 11.7. The van der Waals surface area contributed by atoms with E-state index in [0.29, 0.717) is 11.3 Å². The first-order chi connectivity index (χ1) is 12.9. The maximum Gasteiger partial charge on any atom is 0.416 e. The zero-order valence-electron chi connectivity index (χ0n) is 14.0. The molecule has 0 aliphatic rings. The van der Waals surface area contributed by atoms with Crippen molar-refractivity contribution in [2.75, 3.05) is 5.32 Å². The summed E-state index contributed by atoms with van der Waals surface area (Å²) in [5.74, 6) is 0.194. The van der Waals surface area contributed by atoms with Gasteiger partial charge in [0.25, 0.3) is 0 Å². The van der Waals surface area contributed by atoms with Gasteiger partial charge in [-0.1, -0.05) is 6.07 Å². The van der Waals surface area contributed by atoms with Crippen LogP contribution in [0.15, 0.2) is 49.1 Å². The van der Waals surface area contributed by atoms with Crippen LogP contribution in [0.1, 0.15) is 11.1 Å². The fourth-order valence-electron chi connectivity index (χ4n) is 2.66. The summed E-state index contributed by atoms with van der Waals surface area (Å²) in [5, 5.41) is 2.82. The molecule has 4 rings (SSSR count). The minimum atomic E-state index is -4.41. The molecule has 0 aliphatic heterocycles. The molecule has 136 valence electrons. The number of rotatable bonds is 3. The minimum absolute atomic E-state index is 0.194. The molecule has 4 aromatic rings. The molecule has 1 aromatic carbocycles. The van der Waals surface area contributed by atoms with Crippen molar-refractivity contribution in [3.8, 4) is 11.3 Å². The maximum atomic E-state index is 12.9. The molecule has 0 radical (unpaired) electrons. The number of alkyl halides is 3.